The van der Waals surface area contributed by atoms with Gasteiger partial charge in [0.05, 0.1) is 26.4 Å². The van der Waals surface area contributed by atoms with Gasteiger partial charge >= 0.3 is 7.60 Å². The summed E-state index contributed by atoms with van der Waals surface area (Å²) < 4.78 is 45.2. The fourth-order valence-corrected chi connectivity index (χ4v) is 4.23. The molecule has 1 atom stereocenters. The van der Waals surface area contributed by atoms with Crippen LogP contribution < -0.4 is 0 Å². The lowest BCUT2D eigenvalue weighted by molar-refractivity contribution is -0.0820. The fraction of sp³-hybridized carbons (Fsp3) is 0.833. The average Bonchev–Trinajstić information content (AvgIpc) is 3.10. The molecule has 8 heteroatoms. The molecule has 1 fully saturated rings. The second-order valence-electron chi connectivity index (χ2n) is 4.26. The van der Waals surface area contributed by atoms with Crippen LogP contribution in [0, 0.1) is 0 Å². The van der Waals surface area contributed by atoms with Crippen molar-refractivity contribution in [1.82, 2.24) is 0 Å². The van der Waals surface area contributed by atoms with Crippen molar-refractivity contribution < 1.29 is 32.6 Å². The van der Waals surface area contributed by atoms with Crippen LogP contribution in [0.1, 0.15) is 20.3 Å². The van der Waals surface area contributed by atoms with E-state index in [4.69, 9.17) is 28.0 Å². The second kappa shape index (κ2) is 7.43. The summed E-state index contributed by atoms with van der Waals surface area (Å²) in [5, 5.41) is 0. The zero-order valence-corrected chi connectivity index (χ0v) is 12.6. The summed E-state index contributed by atoms with van der Waals surface area (Å²) >= 11 is 0. The van der Waals surface area contributed by atoms with Crippen molar-refractivity contribution >= 4 is 7.60 Å². The van der Waals surface area contributed by atoms with E-state index in [1.807, 2.05) is 0 Å². The van der Waals surface area contributed by atoms with Crippen LogP contribution in [0.25, 0.3) is 0 Å². The third kappa shape index (κ3) is 3.74. The molecule has 2 rings (SSSR count). The Morgan fingerprint density at radius 1 is 1.15 bits per heavy atom. The van der Waals surface area contributed by atoms with E-state index in [9.17, 15) is 4.57 Å². The number of hydrogen-bond donors (Lipinski definition) is 0. The van der Waals surface area contributed by atoms with Gasteiger partial charge in [0.2, 0.25) is 6.29 Å². The minimum atomic E-state index is -3.37. The first-order chi connectivity index (χ1) is 9.69. The zero-order chi connectivity index (χ0) is 14.4. The number of rotatable bonds is 8. The SMILES string of the molecule is CCOP(=O)(OCC)C(CC1OC=CO1)C1OCCO1. The summed E-state index contributed by atoms with van der Waals surface area (Å²) in [5.74, 6) is 0. The molecule has 0 bridgehead atoms. The lowest BCUT2D eigenvalue weighted by atomic mass is 10.3. The molecule has 0 aromatic carbocycles. The Hall–Kier alpha value is -0.590. The monoisotopic (exact) mass is 308 g/mol. The van der Waals surface area contributed by atoms with E-state index >= 15 is 0 Å². The van der Waals surface area contributed by atoms with Crippen LogP contribution in [0.15, 0.2) is 12.5 Å². The van der Waals surface area contributed by atoms with E-state index in [0.29, 0.717) is 19.6 Å². The first-order valence-corrected chi connectivity index (χ1v) is 8.38. The quantitative estimate of drug-likeness (QED) is 0.637. The Bertz CT molecular complexity index is 349. The van der Waals surface area contributed by atoms with Crippen molar-refractivity contribution in [2.45, 2.75) is 38.5 Å². The van der Waals surface area contributed by atoms with Crippen LogP contribution in [-0.2, 0) is 32.6 Å². The molecule has 0 aromatic rings. The van der Waals surface area contributed by atoms with Crippen LogP contribution in [-0.4, -0.2) is 44.7 Å². The predicted octanol–water partition coefficient (Wildman–Crippen LogP) is 2.23. The Morgan fingerprint density at radius 3 is 2.20 bits per heavy atom. The fourth-order valence-electron chi connectivity index (χ4n) is 2.16. The molecule has 0 N–H and O–H groups in total. The average molecular weight is 308 g/mol. The minimum Gasteiger partial charge on any atom is -0.459 e. The third-order valence-electron chi connectivity index (χ3n) is 2.94. The van der Waals surface area contributed by atoms with Crippen molar-refractivity contribution in [2.75, 3.05) is 26.4 Å². The van der Waals surface area contributed by atoms with Gasteiger partial charge in [-0.1, -0.05) is 0 Å². The van der Waals surface area contributed by atoms with Gasteiger partial charge in [-0.2, -0.15) is 0 Å². The largest absolute Gasteiger partial charge is 0.459 e. The van der Waals surface area contributed by atoms with Crippen LogP contribution in [0.3, 0.4) is 0 Å². The molecule has 1 saturated heterocycles. The zero-order valence-electron chi connectivity index (χ0n) is 11.7. The third-order valence-corrected chi connectivity index (χ3v) is 5.44. The van der Waals surface area contributed by atoms with Gasteiger partial charge in [0.15, 0.2) is 6.29 Å². The molecule has 0 aromatic heterocycles. The van der Waals surface area contributed by atoms with Gasteiger partial charge in [-0.05, 0) is 13.8 Å². The van der Waals surface area contributed by atoms with Gasteiger partial charge in [-0.3, -0.25) is 4.57 Å². The van der Waals surface area contributed by atoms with Gasteiger partial charge < -0.3 is 28.0 Å². The lowest BCUT2D eigenvalue weighted by Crippen LogP contribution is -2.33. The van der Waals surface area contributed by atoms with E-state index < -0.39 is 25.8 Å². The molecule has 0 amide bonds. The van der Waals surface area contributed by atoms with Gasteiger partial charge in [-0.25, -0.2) is 0 Å². The highest BCUT2D eigenvalue weighted by molar-refractivity contribution is 7.54. The number of ether oxygens (including phenoxy) is 4. The van der Waals surface area contributed by atoms with Gasteiger partial charge in [-0.15, -0.1) is 0 Å². The van der Waals surface area contributed by atoms with Crippen molar-refractivity contribution in [3.05, 3.63) is 12.5 Å². The maximum Gasteiger partial charge on any atom is 0.339 e. The Balaban J connectivity index is 2.11. The molecule has 0 radical (unpaired) electrons. The Labute approximate surface area is 118 Å². The van der Waals surface area contributed by atoms with E-state index in [1.54, 1.807) is 13.8 Å². The standard InChI is InChI=1S/C12H21O7P/c1-3-18-20(13,19-4-2)10(12-16-7-8-17-12)9-11-14-5-6-15-11/h5-6,10-12H,3-4,7-9H2,1-2H3. The van der Waals surface area contributed by atoms with E-state index in [2.05, 4.69) is 0 Å². The molecule has 7 nitrogen and oxygen atoms in total. The van der Waals surface area contributed by atoms with E-state index in [-0.39, 0.29) is 13.2 Å². The lowest BCUT2D eigenvalue weighted by Gasteiger charge is -2.30. The molecular weight excluding hydrogens is 287 g/mol. The smallest absolute Gasteiger partial charge is 0.339 e. The summed E-state index contributed by atoms with van der Waals surface area (Å²) in [4.78, 5) is 0. The van der Waals surface area contributed by atoms with Crippen molar-refractivity contribution in [1.29, 1.82) is 0 Å². The van der Waals surface area contributed by atoms with Gasteiger partial charge in [0.25, 0.3) is 0 Å². The van der Waals surface area contributed by atoms with Crippen LogP contribution in [0.4, 0.5) is 0 Å². The molecule has 0 aliphatic carbocycles. The van der Waals surface area contributed by atoms with Gasteiger partial charge in [0.1, 0.15) is 18.2 Å². The Morgan fingerprint density at radius 2 is 1.70 bits per heavy atom. The van der Waals surface area contributed by atoms with Crippen molar-refractivity contribution in [3.63, 3.8) is 0 Å². The minimum absolute atomic E-state index is 0.283. The molecule has 2 aliphatic rings. The molecule has 0 saturated carbocycles. The normalized spacial score (nSPS) is 21.9. The Kier molecular flexibility index (Phi) is 5.86. The highest BCUT2D eigenvalue weighted by atomic mass is 31.2. The topological polar surface area (TPSA) is 72.5 Å². The summed E-state index contributed by atoms with van der Waals surface area (Å²) in [6.45, 7) is 5.02. The first-order valence-electron chi connectivity index (χ1n) is 6.77. The highest BCUT2D eigenvalue weighted by Gasteiger charge is 2.46. The molecule has 116 valence electrons. The summed E-state index contributed by atoms with van der Waals surface area (Å²) in [6.07, 6.45) is 2.04. The maximum absolute atomic E-state index is 13.0. The molecule has 20 heavy (non-hydrogen) atoms. The summed E-state index contributed by atoms with van der Waals surface area (Å²) in [5.41, 5.74) is -0.588. The molecule has 1 unspecified atom stereocenters. The molecular formula is C12H21O7P. The van der Waals surface area contributed by atoms with E-state index in [0.717, 1.165) is 0 Å². The maximum atomic E-state index is 13.0. The van der Waals surface area contributed by atoms with Gasteiger partial charge in [0, 0.05) is 6.42 Å². The number of hydrogen-bond acceptors (Lipinski definition) is 7. The summed E-state index contributed by atoms with van der Waals surface area (Å²) in [6, 6.07) is 0. The molecule has 2 heterocycles. The van der Waals surface area contributed by atoms with Crippen molar-refractivity contribution in [3.8, 4) is 0 Å². The van der Waals surface area contributed by atoms with Crippen LogP contribution in [0.2, 0.25) is 0 Å². The first kappa shape index (κ1) is 15.8. The van der Waals surface area contributed by atoms with Crippen LogP contribution in [0.5, 0.6) is 0 Å². The summed E-state index contributed by atoms with van der Waals surface area (Å²) in [7, 11) is -3.37. The second-order valence-corrected chi connectivity index (χ2v) is 6.52. The molecule has 2 aliphatic heterocycles. The molecule has 0 spiro atoms. The van der Waals surface area contributed by atoms with Crippen LogP contribution >= 0.6 is 7.60 Å². The highest BCUT2D eigenvalue weighted by Crippen LogP contribution is 2.57. The van der Waals surface area contributed by atoms with Crippen molar-refractivity contribution in [2.24, 2.45) is 0 Å². The predicted molar refractivity (Wildman–Crippen MR) is 70.1 cm³/mol. The van der Waals surface area contributed by atoms with E-state index in [1.165, 1.54) is 12.5 Å².